The van der Waals surface area contributed by atoms with Gasteiger partial charge in [0.05, 0.1) is 5.69 Å². The molecule has 0 aliphatic rings. The minimum Gasteiger partial charge on any atom is -0.351 e. The third-order valence-corrected chi connectivity index (χ3v) is 3.89. The molecule has 0 atom stereocenters. The van der Waals surface area contributed by atoms with Gasteiger partial charge in [-0.25, -0.2) is 9.37 Å². The number of aryl methyl sites for hydroxylation is 2. The summed E-state index contributed by atoms with van der Waals surface area (Å²) in [5, 5.41) is 6.85. The molecule has 0 aliphatic heterocycles. The lowest BCUT2D eigenvalue weighted by molar-refractivity contribution is 0.0946. The van der Waals surface area contributed by atoms with Crippen molar-refractivity contribution in [1.29, 1.82) is 0 Å². The molecule has 8 heteroatoms. The average molecular weight is 355 g/mol. The van der Waals surface area contributed by atoms with E-state index in [4.69, 9.17) is 0 Å². The fourth-order valence-corrected chi connectivity index (χ4v) is 2.48. The summed E-state index contributed by atoms with van der Waals surface area (Å²) in [4.78, 5) is 28.4. The van der Waals surface area contributed by atoms with Crippen LogP contribution in [0.4, 0.5) is 4.39 Å². The van der Waals surface area contributed by atoms with Crippen molar-refractivity contribution in [1.82, 2.24) is 24.6 Å². The fraction of sp³-hybridized carbons (Fsp3) is 0.222. The molecule has 1 aromatic carbocycles. The lowest BCUT2D eigenvalue weighted by atomic mass is 10.3. The summed E-state index contributed by atoms with van der Waals surface area (Å²) < 4.78 is 16.1. The van der Waals surface area contributed by atoms with Crippen LogP contribution >= 0.6 is 0 Å². The second-order valence-corrected chi connectivity index (χ2v) is 5.72. The third kappa shape index (κ3) is 4.02. The fourth-order valence-electron chi connectivity index (χ4n) is 2.48. The van der Waals surface area contributed by atoms with Crippen molar-refractivity contribution < 1.29 is 9.18 Å². The zero-order valence-corrected chi connectivity index (χ0v) is 14.2. The second-order valence-electron chi connectivity index (χ2n) is 5.72. The summed E-state index contributed by atoms with van der Waals surface area (Å²) >= 11 is 0. The van der Waals surface area contributed by atoms with Crippen LogP contribution in [0.25, 0.3) is 5.69 Å². The van der Waals surface area contributed by atoms with Crippen molar-refractivity contribution in [3.05, 3.63) is 76.5 Å². The Kier molecular flexibility index (Phi) is 5.21. The highest BCUT2D eigenvalue weighted by molar-refractivity contribution is 5.92. The van der Waals surface area contributed by atoms with E-state index in [1.165, 1.54) is 36.4 Å². The first-order valence-corrected chi connectivity index (χ1v) is 8.17. The molecule has 3 rings (SSSR count). The van der Waals surface area contributed by atoms with Crippen LogP contribution < -0.4 is 10.9 Å². The van der Waals surface area contributed by atoms with E-state index in [0.717, 1.165) is 23.5 Å². The van der Waals surface area contributed by atoms with Crippen LogP contribution in [0.2, 0.25) is 0 Å². The zero-order valence-electron chi connectivity index (χ0n) is 14.2. The number of nitrogens with zero attached hydrogens (tertiary/aromatic N) is 4. The monoisotopic (exact) mass is 355 g/mol. The van der Waals surface area contributed by atoms with Gasteiger partial charge in [-0.05, 0) is 43.7 Å². The van der Waals surface area contributed by atoms with E-state index in [9.17, 15) is 14.0 Å². The maximum Gasteiger partial charge on any atom is 0.271 e. The Labute approximate surface area is 149 Å². The maximum atomic E-state index is 13.0. The number of carbonyl (C=O) groups is 1. The molecule has 0 saturated heterocycles. The Hall–Kier alpha value is -3.29. The van der Waals surface area contributed by atoms with Crippen LogP contribution in [0.15, 0.2) is 53.6 Å². The topological polar surface area (TPSA) is 81.8 Å². The van der Waals surface area contributed by atoms with E-state index < -0.39 is 11.4 Å². The third-order valence-electron chi connectivity index (χ3n) is 3.89. The minimum absolute atomic E-state index is 0.118. The minimum atomic E-state index is -0.413. The number of hydrogen-bond donors (Lipinski definition) is 1. The van der Waals surface area contributed by atoms with Crippen molar-refractivity contribution in [2.24, 2.45) is 0 Å². The highest BCUT2D eigenvalue weighted by Gasteiger charge is 2.10. The van der Waals surface area contributed by atoms with E-state index in [1.807, 2.05) is 17.7 Å². The summed E-state index contributed by atoms with van der Waals surface area (Å²) in [6.07, 6.45) is 4.36. The Bertz CT molecular complexity index is 962. The summed E-state index contributed by atoms with van der Waals surface area (Å²) in [5.41, 5.74) is 0.109. The molecule has 0 spiro atoms. The van der Waals surface area contributed by atoms with Crippen LogP contribution in [0.3, 0.4) is 0 Å². The molecule has 1 amide bonds. The van der Waals surface area contributed by atoms with Gasteiger partial charge in [0, 0.05) is 31.5 Å². The molecule has 7 nitrogen and oxygen atoms in total. The van der Waals surface area contributed by atoms with Crippen LogP contribution in [-0.2, 0) is 6.54 Å². The van der Waals surface area contributed by atoms with Gasteiger partial charge in [0.15, 0.2) is 0 Å². The quantitative estimate of drug-likeness (QED) is 0.683. The normalized spacial score (nSPS) is 10.7. The molecular weight excluding hydrogens is 337 g/mol. The molecule has 2 aromatic heterocycles. The van der Waals surface area contributed by atoms with Crippen molar-refractivity contribution in [3.8, 4) is 5.69 Å². The zero-order chi connectivity index (χ0) is 18.5. The SMILES string of the molecule is Cc1nccn1CCCNC(=O)c1ccc(=O)n(-c2ccc(F)cc2)n1. The number of imidazole rings is 1. The summed E-state index contributed by atoms with van der Waals surface area (Å²) in [6, 6.07) is 7.96. The van der Waals surface area contributed by atoms with E-state index in [1.54, 1.807) is 6.20 Å². The van der Waals surface area contributed by atoms with Gasteiger partial charge in [-0.3, -0.25) is 9.59 Å². The smallest absolute Gasteiger partial charge is 0.271 e. The molecule has 0 aliphatic carbocycles. The molecule has 0 fully saturated rings. The lowest BCUT2D eigenvalue weighted by Crippen LogP contribution is -2.30. The molecule has 0 radical (unpaired) electrons. The maximum absolute atomic E-state index is 13.0. The Morgan fingerprint density at radius 3 is 2.65 bits per heavy atom. The van der Waals surface area contributed by atoms with Crippen LogP contribution in [0.5, 0.6) is 0 Å². The number of benzene rings is 1. The number of amides is 1. The molecule has 1 N–H and O–H groups in total. The molecule has 26 heavy (non-hydrogen) atoms. The number of nitrogens with one attached hydrogen (secondary N) is 1. The average Bonchev–Trinajstić information content (AvgIpc) is 3.05. The predicted octanol–water partition coefficient (Wildman–Crippen LogP) is 1.70. The first kappa shape index (κ1) is 17.5. The van der Waals surface area contributed by atoms with Gasteiger partial charge >= 0.3 is 0 Å². The molecule has 3 aromatic rings. The van der Waals surface area contributed by atoms with Gasteiger partial charge in [0.2, 0.25) is 0 Å². The lowest BCUT2D eigenvalue weighted by Gasteiger charge is -2.08. The molecule has 0 saturated carbocycles. The first-order chi connectivity index (χ1) is 12.5. The molecule has 2 heterocycles. The standard InChI is InChI=1S/C18H18FN5O2/c1-13-20-10-12-23(13)11-2-9-21-18(26)16-7-8-17(25)24(22-16)15-5-3-14(19)4-6-15/h3-8,10,12H,2,9,11H2,1H3,(H,21,26). The molecule has 0 unspecified atom stereocenters. The largest absolute Gasteiger partial charge is 0.351 e. The van der Waals surface area contributed by atoms with Crippen LogP contribution in [0, 0.1) is 12.7 Å². The van der Waals surface area contributed by atoms with Crippen LogP contribution in [0.1, 0.15) is 22.7 Å². The molecular formula is C18H18FN5O2. The van der Waals surface area contributed by atoms with E-state index in [2.05, 4.69) is 15.4 Å². The predicted molar refractivity (Wildman–Crippen MR) is 93.7 cm³/mol. The van der Waals surface area contributed by atoms with Gasteiger partial charge in [-0.15, -0.1) is 0 Å². The van der Waals surface area contributed by atoms with Gasteiger partial charge in [-0.1, -0.05) is 0 Å². The number of hydrogen-bond acceptors (Lipinski definition) is 4. The van der Waals surface area contributed by atoms with Gasteiger partial charge in [-0.2, -0.15) is 9.78 Å². The Morgan fingerprint density at radius 1 is 1.19 bits per heavy atom. The van der Waals surface area contributed by atoms with Gasteiger partial charge < -0.3 is 9.88 Å². The summed E-state index contributed by atoms with van der Waals surface area (Å²) in [6.45, 7) is 3.13. The van der Waals surface area contributed by atoms with Gasteiger partial charge in [0.25, 0.3) is 11.5 Å². The van der Waals surface area contributed by atoms with Gasteiger partial charge in [0.1, 0.15) is 17.3 Å². The highest BCUT2D eigenvalue weighted by Crippen LogP contribution is 2.06. The summed E-state index contributed by atoms with van der Waals surface area (Å²) in [7, 11) is 0. The van der Waals surface area contributed by atoms with E-state index in [0.29, 0.717) is 12.2 Å². The molecule has 134 valence electrons. The number of carbonyl (C=O) groups excluding carboxylic acids is 1. The Balaban J connectivity index is 1.64. The van der Waals surface area contributed by atoms with Crippen molar-refractivity contribution in [3.63, 3.8) is 0 Å². The van der Waals surface area contributed by atoms with Crippen molar-refractivity contribution in [2.45, 2.75) is 19.9 Å². The number of rotatable bonds is 6. The van der Waals surface area contributed by atoms with Crippen molar-refractivity contribution in [2.75, 3.05) is 6.54 Å². The van der Waals surface area contributed by atoms with Crippen molar-refractivity contribution >= 4 is 5.91 Å². The van der Waals surface area contributed by atoms with Crippen LogP contribution in [-0.4, -0.2) is 31.8 Å². The van der Waals surface area contributed by atoms with E-state index in [-0.39, 0.29) is 11.6 Å². The summed E-state index contributed by atoms with van der Waals surface area (Å²) in [5.74, 6) is 0.136. The highest BCUT2D eigenvalue weighted by atomic mass is 19.1. The number of halogens is 1. The second kappa shape index (κ2) is 7.73. The van der Waals surface area contributed by atoms with E-state index >= 15 is 0 Å². The molecule has 0 bridgehead atoms. The Morgan fingerprint density at radius 2 is 1.96 bits per heavy atom. The number of aromatic nitrogens is 4. The first-order valence-electron chi connectivity index (χ1n) is 8.17.